The highest BCUT2D eigenvalue weighted by Crippen LogP contribution is 2.24. The number of hydrogen-bond acceptors (Lipinski definition) is 4. The van der Waals surface area contributed by atoms with Crippen molar-refractivity contribution < 1.29 is 13.2 Å². The quantitative estimate of drug-likeness (QED) is 0.734. The summed E-state index contributed by atoms with van der Waals surface area (Å²) in [6, 6.07) is 11.2. The zero-order chi connectivity index (χ0) is 18.4. The molecule has 2 aromatic carbocycles. The molecule has 0 bridgehead atoms. The zero-order valence-corrected chi connectivity index (χ0v) is 16.3. The average Bonchev–Trinajstić information content (AvgIpc) is 2.56. The fourth-order valence-corrected chi connectivity index (χ4v) is 3.96. The minimum atomic E-state index is -3.78. The largest absolute Gasteiger partial charge is 0.326 e. The lowest BCUT2D eigenvalue weighted by atomic mass is 10.2. The molecule has 0 heterocycles. The second-order valence-electron chi connectivity index (χ2n) is 5.38. The van der Waals surface area contributed by atoms with E-state index in [-0.39, 0.29) is 10.8 Å². The number of nitrogens with one attached hydrogen (secondary N) is 2. The molecular weight excluding hydrogens is 380 g/mol. The van der Waals surface area contributed by atoms with Gasteiger partial charge in [-0.2, -0.15) is 11.8 Å². The van der Waals surface area contributed by atoms with Gasteiger partial charge in [0, 0.05) is 28.6 Å². The van der Waals surface area contributed by atoms with Crippen LogP contribution in [0.25, 0.3) is 0 Å². The second kappa shape index (κ2) is 8.60. The molecule has 134 valence electrons. The topological polar surface area (TPSA) is 75.3 Å². The van der Waals surface area contributed by atoms with Crippen LogP contribution in [0.15, 0.2) is 47.4 Å². The van der Waals surface area contributed by atoms with E-state index >= 15 is 0 Å². The molecule has 0 aliphatic heterocycles. The van der Waals surface area contributed by atoms with Crippen LogP contribution >= 0.6 is 23.4 Å². The summed E-state index contributed by atoms with van der Waals surface area (Å²) in [5, 5.41) is 3.25. The molecule has 0 unspecified atom stereocenters. The first-order valence-corrected chi connectivity index (χ1v) is 10.7. The van der Waals surface area contributed by atoms with Gasteiger partial charge in [-0.15, -0.1) is 0 Å². The lowest BCUT2D eigenvalue weighted by Crippen LogP contribution is -2.16. The number of carbonyl (C=O) groups is 1. The average molecular weight is 399 g/mol. The van der Waals surface area contributed by atoms with Crippen molar-refractivity contribution in [2.75, 3.05) is 22.0 Å². The summed E-state index contributed by atoms with van der Waals surface area (Å²) < 4.78 is 27.8. The number of halogens is 1. The van der Waals surface area contributed by atoms with E-state index in [4.69, 9.17) is 11.6 Å². The highest BCUT2D eigenvalue weighted by Gasteiger charge is 2.18. The standard InChI is InChI=1S/C17H19ClN2O3S2/c1-12-3-6-15(19-17(21)9-10-24-2)11-16(12)25(22,23)20-14-7-4-13(18)5-8-14/h3-8,11,20H,9-10H2,1-2H3,(H,19,21). The highest BCUT2D eigenvalue weighted by atomic mass is 35.5. The Balaban J connectivity index is 2.23. The molecule has 0 saturated carbocycles. The molecule has 8 heteroatoms. The van der Waals surface area contributed by atoms with Gasteiger partial charge in [-0.1, -0.05) is 17.7 Å². The van der Waals surface area contributed by atoms with Crippen LogP contribution in [0.1, 0.15) is 12.0 Å². The molecule has 0 atom stereocenters. The zero-order valence-electron chi connectivity index (χ0n) is 13.9. The van der Waals surface area contributed by atoms with Gasteiger partial charge in [0.05, 0.1) is 4.90 Å². The van der Waals surface area contributed by atoms with Crippen molar-refractivity contribution in [2.24, 2.45) is 0 Å². The Kier molecular flexibility index (Phi) is 6.75. The van der Waals surface area contributed by atoms with Gasteiger partial charge < -0.3 is 5.32 Å². The van der Waals surface area contributed by atoms with E-state index in [9.17, 15) is 13.2 Å². The third-order valence-electron chi connectivity index (χ3n) is 3.39. The maximum Gasteiger partial charge on any atom is 0.262 e. The molecule has 0 aliphatic carbocycles. The summed E-state index contributed by atoms with van der Waals surface area (Å²) in [5.41, 5.74) is 1.45. The summed E-state index contributed by atoms with van der Waals surface area (Å²) in [5.74, 6) is 0.563. The van der Waals surface area contributed by atoms with Gasteiger partial charge in [-0.05, 0) is 55.1 Å². The fourth-order valence-electron chi connectivity index (χ4n) is 2.11. The highest BCUT2D eigenvalue weighted by molar-refractivity contribution is 7.98. The number of benzene rings is 2. The van der Waals surface area contributed by atoms with Gasteiger partial charge in [-0.3, -0.25) is 9.52 Å². The molecule has 0 radical (unpaired) electrons. The van der Waals surface area contributed by atoms with Crippen LogP contribution in [0.3, 0.4) is 0 Å². The number of aryl methyl sites for hydroxylation is 1. The smallest absolute Gasteiger partial charge is 0.262 e. The van der Waals surface area contributed by atoms with Crippen molar-refractivity contribution in [1.29, 1.82) is 0 Å². The first kappa shape index (κ1) is 19.6. The fraction of sp³-hybridized carbons (Fsp3) is 0.235. The molecule has 2 rings (SSSR count). The van der Waals surface area contributed by atoms with E-state index in [1.54, 1.807) is 55.1 Å². The molecule has 2 N–H and O–H groups in total. The van der Waals surface area contributed by atoms with Crippen molar-refractivity contribution >= 4 is 50.7 Å². The summed E-state index contributed by atoms with van der Waals surface area (Å²) in [4.78, 5) is 12.0. The van der Waals surface area contributed by atoms with Gasteiger partial charge in [0.15, 0.2) is 0 Å². The third kappa shape index (κ3) is 5.66. The number of sulfonamides is 1. The van der Waals surface area contributed by atoms with Crippen molar-refractivity contribution in [2.45, 2.75) is 18.2 Å². The Hall–Kier alpha value is -1.70. The molecule has 0 saturated heterocycles. The lowest BCUT2D eigenvalue weighted by Gasteiger charge is -2.13. The van der Waals surface area contributed by atoms with Crippen molar-refractivity contribution in [1.82, 2.24) is 0 Å². The Morgan fingerprint density at radius 3 is 2.40 bits per heavy atom. The first-order valence-electron chi connectivity index (χ1n) is 7.49. The maximum atomic E-state index is 12.7. The minimum absolute atomic E-state index is 0.116. The molecule has 25 heavy (non-hydrogen) atoms. The molecule has 0 spiro atoms. The van der Waals surface area contributed by atoms with Crippen LogP contribution in [0.2, 0.25) is 5.02 Å². The number of rotatable bonds is 7. The molecule has 0 aliphatic rings. The lowest BCUT2D eigenvalue weighted by molar-refractivity contribution is -0.115. The molecule has 0 fully saturated rings. The maximum absolute atomic E-state index is 12.7. The monoisotopic (exact) mass is 398 g/mol. The SMILES string of the molecule is CSCCC(=O)Nc1ccc(C)c(S(=O)(=O)Nc2ccc(Cl)cc2)c1. The number of hydrogen-bond donors (Lipinski definition) is 2. The van der Waals surface area contributed by atoms with Crippen LogP contribution in [0.4, 0.5) is 11.4 Å². The van der Waals surface area contributed by atoms with Crippen molar-refractivity contribution in [3.05, 3.63) is 53.1 Å². The van der Waals surface area contributed by atoms with E-state index in [1.165, 1.54) is 6.07 Å². The molecule has 5 nitrogen and oxygen atoms in total. The van der Waals surface area contributed by atoms with E-state index in [2.05, 4.69) is 10.0 Å². The van der Waals surface area contributed by atoms with Gasteiger partial charge in [0.25, 0.3) is 10.0 Å². The summed E-state index contributed by atoms with van der Waals surface area (Å²) in [6.07, 6.45) is 2.30. The number of carbonyl (C=O) groups excluding carboxylic acids is 1. The number of amides is 1. The minimum Gasteiger partial charge on any atom is -0.326 e. The molecule has 2 aromatic rings. The summed E-state index contributed by atoms with van der Waals surface area (Å²) in [6.45, 7) is 1.70. The molecule has 1 amide bonds. The van der Waals surface area contributed by atoms with Gasteiger partial charge in [-0.25, -0.2) is 8.42 Å². The molecule has 0 aromatic heterocycles. The van der Waals surface area contributed by atoms with Gasteiger partial charge in [0.2, 0.25) is 5.91 Å². The molecular formula is C17H19ClN2O3S2. The van der Waals surface area contributed by atoms with E-state index in [0.29, 0.717) is 34.1 Å². The van der Waals surface area contributed by atoms with Crippen LogP contribution < -0.4 is 10.0 Å². The van der Waals surface area contributed by atoms with Crippen LogP contribution in [0.5, 0.6) is 0 Å². The van der Waals surface area contributed by atoms with Crippen LogP contribution in [-0.4, -0.2) is 26.3 Å². The predicted molar refractivity (Wildman–Crippen MR) is 105 cm³/mol. The van der Waals surface area contributed by atoms with Crippen molar-refractivity contribution in [3.63, 3.8) is 0 Å². The van der Waals surface area contributed by atoms with Gasteiger partial charge in [0.1, 0.15) is 0 Å². The van der Waals surface area contributed by atoms with Crippen LogP contribution in [-0.2, 0) is 14.8 Å². The second-order valence-corrected chi connectivity index (χ2v) is 8.46. The van der Waals surface area contributed by atoms with E-state index in [0.717, 1.165) is 0 Å². The Bertz CT molecular complexity index is 853. The summed E-state index contributed by atoms with van der Waals surface area (Å²) >= 11 is 7.39. The Labute approximate surface area is 157 Å². The van der Waals surface area contributed by atoms with Gasteiger partial charge >= 0.3 is 0 Å². The first-order chi connectivity index (χ1) is 11.8. The normalized spacial score (nSPS) is 11.2. The Morgan fingerprint density at radius 1 is 1.12 bits per heavy atom. The van der Waals surface area contributed by atoms with E-state index < -0.39 is 10.0 Å². The number of anilines is 2. The third-order valence-corrected chi connectivity index (χ3v) is 5.78. The van der Waals surface area contributed by atoms with E-state index in [1.807, 2.05) is 6.26 Å². The predicted octanol–water partition coefficient (Wildman–Crippen LogP) is 4.14. The van der Waals surface area contributed by atoms with Crippen LogP contribution in [0, 0.1) is 6.92 Å². The number of thioether (sulfide) groups is 1. The van der Waals surface area contributed by atoms with Crippen molar-refractivity contribution in [3.8, 4) is 0 Å². The summed E-state index contributed by atoms with van der Waals surface area (Å²) in [7, 11) is -3.78. The Morgan fingerprint density at radius 2 is 1.76 bits per heavy atom.